The van der Waals surface area contributed by atoms with E-state index < -0.39 is 11.9 Å². The van der Waals surface area contributed by atoms with Gasteiger partial charge in [-0.3, -0.25) is 4.79 Å². The predicted molar refractivity (Wildman–Crippen MR) is 97.5 cm³/mol. The van der Waals surface area contributed by atoms with Gasteiger partial charge in [-0.25, -0.2) is 4.79 Å². The van der Waals surface area contributed by atoms with Crippen LogP contribution in [-0.4, -0.2) is 54.2 Å². The summed E-state index contributed by atoms with van der Waals surface area (Å²) in [5, 5.41) is 10.5. The Balaban J connectivity index is 2.37. The number of fused-ring (bicyclic) bond motifs is 1. The number of aromatic amines is 1. The lowest BCUT2D eigenvalue weighted by Crippen LogP contribution is -2.17. The zero-order chi connectivity index (χ0) is 18.6. The van der Waals surface area contributed by atoms with E-state index in [9.17, 15) is 14.7 Å². The molecule has 1 heterocycles. The standard InChI is InChI=1S/C18H23ClN2O4/c1-4-11-8-12(19)9-14-16(11)13(10-15(22)23)17(20-14)18(24)25-7-5-6-21(2)3/h8-9,20H,4-7,10H2,1-3H3,(H,22,23). The number of hydrogen-bond acceptors (Lipinski definition) is 4. The van der Waals surface area contributed by atoms with Crippen molar-refractivity contribution in [3.8, 4) is 0 Å². The van der Waals surface area contributed by atoms with Gasteiger partial charge in [-0.2, -0.15) is 0 Å². The van der Waals surface area contributed by atoms with Crippen molar-refractivity contribution in [1.82, 2.24) is 9.88 Å². The Kier molecular flexibility index (Phi) is 6.45. The number of H-pyrrole nitrogens is 1. The Labute approximate surface area is 151 Å². The van der Waals surface area contributed by atoms with E-state index in [2.05, 4.69) is 4.98 Å². The van der Waals surface area contributed by atoms with Crippen molar-refractivity contribution in [3.63, 3.8) is 0 Å². The molecule has 0 radical (unpaired) electrons. The van der Waals surface area contributed by atoms with E-state index in [1.165, 1.54) is 0 Å². The van der Waals surface area contributed by atoms with Crippen molar-refractivity contribution in [1.29, 1.82) is 0 Å². The van der Waals surface area contributed by atoms with Crippen molar-refractivity contribution >= 4 is 34.4 Å². The molecule has 6 nitrogen and oxygen atoms in total. The summed E-state index contributed by atoms with van der Waals surface area (Å²) in [6, 6.07) is 3.50. The number of nitrogens with one attached hydrogen (secondary N) is 1. The molecule has 136 valence electrons. The Morgan fingerprint density at radius 2 is 2.04 bits per heavy atom. The normalized spacial score (nSPS) is 11.2. The topological polar surface area (TPSA) is 82.6 Å². The summed E-state index contributed by atoms with van der Waals surface area (Å²) in [7, 11) is 3.89. The summed E-state index contributed by atoms with van der Waals surface area (Å²) in [6.07, 6.45) is 1.13. The predicted octanol–water partition coefficient (Wildman–Crippen LogP) is 3.12. The number of esters is 1. The molecule has 2 rings (SSSR count). The summed E-state index contributed by atoms with van der Waals surface area (Å²) in [4.78, 5) is 28.7. The third-order valence-electron chi connectivity index (χ3n) is 3.94. The molecular weight excluding hydrogens is 344 g/mol. The van der Waals surface area contributed by atoms with E-state index in [0.29, 0.717) is 28.9 Å². The van der Waals surface area contributed by atoms with Gasteiger partial charge in [-0.15, -0.1) is 0 Å². The van der Waals surface area contributed by atoms with Crippen LogP contribution in [0.4, 0.5) is 0 Å². The van der Waals surface area contributed by atoms with Crippen molar-refractivity contribution in [3.05, 3.63) is 34.0 Å². The molecule has 0 aliphatic heterocycles. The van der Waals surface area contributed by atoms with Crippen LogP contribution in [0.1, 0.15) is 35.0 Å². The van der Waals surface area contributed by atoms with Gasteiger partial charge in [-0.1, -0.05) is 18.5 Å². The Morgan fingerprint density at radius 3 is 2.64 bits per heavy atom. The number of nitrogens with zero attached hydrogens (tertiary/aromatic N) is 1. The van der Waals surface area contributed by atoms with Gasteiger partial charge in [-0.05, 0) is 44.6 Å². The number of carboxylic acid groups (broad SMARTS) is 1. The van der Waals surface area contributed by atoms with Crippen LogP contribution in [0.5, 0.6) is 0 Å². The number of carbonyl (C=O) groups is 2. The summed E-state index contributed by atoms with van der Waals surface area (Å²) in [5.41, 5.74) is 2.20. The highest BCUT2D eigenvalue weighted by atomic mass is 35.5. The molecule has 0 saturated carbocycles. The van der Waals surface area contributed by atoms with Crippen LogP contribution < -0.4 is 0 Å². The fourth-order valence-electron chi connectivity index (χ4n) is 2.85. The lowest BCUT2D eigenvalue weighted by molar-refractivity contribution is -0.136. The van der Waals surface area contributed by atoms with Crippen molar-refractivity contribution in [2.75, 3.05) is 27.2 Å². The molecule has 0 spiro atoms. The number of aromatic nitrogens is 1. The molecule has 0 aliphatic carbocycles. The smallest absolute Gasteiger partial charge is 0.355 e. The van der Waals surface area contributed by atoms with Crippen LogP contribution >= 0.6 is 11.6 Å². The maximum absolute atomic E-state index is 12.5. The second-order valence-corrected chi connectivity index (χ2v) is 6.62. The largest absolute Gasteiger partial charge is 0.481 e. The molecule has 0 bridgehead atoms. The fourth-order valence-corrected chi connectivity index (χ4v) is 3.09. The minimum absolute atomic E-state index is 0.194. The van der Waals surface area contributed by atoms with Gasteiger partial charge >= 0.3 is 11.9 Å². The van der Waals surface area contributed by atoms with Crippen LogP contribution in [0.2, 0.25) is 5.02 Å². The van der Waals surface area contributed by atoms with E-state index >= 15 is 0 Å². The summed E-state index contributed by atoms with van der Waals surface area (Å²) in [5.74, 6) is -1.54. The maximum Gasteiger partial charge on any atom is 0.355 e. The zero-order valence-corrected chi connectivity index (χ0v) is 15.4. The number of benzene rings is 1. The van der Waals surface area contributed by atoms with Gasteiger partial charge in [0.15, 0.2) is 0 Å². The Morgan fingerprint density at radius 1 is 1.32 bits per heavy atom. The molecule has 25 heavy (non-hydrogen) atoms. The van der Waals surface area contributed by atoms with Crippen LogP contribution in [0.15, 0.2) is 12.1 Å². The number of rotatable bonds is 8. The molecular formula is C18H23ClN2O4. The molecule has 2 aromatic rings. The highest BCUT2D eigenvalue weighted by molar-refractivity contribution is 6.31. The number of hydrogen-bond donors (Lipinski definition) is 2. The first-order valence-electron chi connectivity index (χ1n) is 8.20. The van der Waals surface area contributed by atoms with Gasteiger partial charge in [0.05, 0.1) is 13.0 Å². The molecule has 1 aromatic carbocycles. The lowest BCUT2D eigenvalue weighted by Gasteiger charge is -2.09. The summed E-state index contributed by atoms with van der Waals surface area (Å²) >= 11 is 6.12. The minimum atomic E-state index is -1.00. The third-order valence-corrected chi connectivity index (χ3v) is 4.16. The number of aryl methyl sites for hydroxylation is 1. The second-order valence-electron chi connectivity index (χ2n) is 6.18. The van der Waals surface area contributed by atoms with Gasteiger partial charge in [0.1, 0.15) is 5.69 Å². The molecule has 1 aromatic heterocycles. The van der Waals surface area contributed by atoms with E-state index in [1.807, 2.05) is 25.9 Å². The number of halogens is 1. The average molecular weight is 367 g/mol. The van der Waals surface area contributed by atoms with E-state index in [0.717, 1.165) is 17.5 Å². The van der Waals surface area contributed by atoms with Crippen LogP contribution in [0, 0.1) is 0 Å². The summed E-state index contributed by atoms with van der Waals surface area (Å²) in [6.45, 7) is 3.04. The molecule has 2 N–H and O–H groups in total. The highest BCUT2D eigenvalue weighted by Gasteiger charge is 2.23. The first kappa shape index (κ1) is 19.3. The van der Waals surface area contributed by atoms with Gasteiger partial charge in [0, 0.05) is 28.0 Å². The van der Waals surface area contributed by atoms with Crippen LogP contribution in [0.3, 0.4) is 0 Å². The van der Waals surface area contributed by atoms with Crippen molar-refractivity contribution in [2.24, 2.45) is 0 Å². The minimum Gasteiger partial charge on any atom is -0.481 e. The maximum atomic E-state index is 12.5. The lowest BCUT2D eigenvalue weighted by atomic mass is 10.0. The fraction of sp³-hybridized carbons (Fsp3) is 0.444. The number of carboxylic acids is 1. The number of aliphatic carboxylic acids is 1. The second kappa shape index (κ2) is 8.36. The Bertz CT molecular complexity index is 783. The molecule has 0 aliphatic rings. The quantitative estimate of drug-likeness (QED) is 0.554. The zero-order valence-electron chi connectivity index (χ0n) is 14.7. The van der Waals surface area contributed by atoms with E-state index in [-0.39, 0.29) is 18.7 Å². The molecule has 7 heteroatoms. The number of carbonyl (C=O) groups excluding carboxylic acids is 1. The van der Waals surface area contributed by atoms with Crippen LogP contribution in [-0.2, 0) is 22.4 Å². The monoisotopic (exact) mass is 366 g/mol. The summed E-state index contributed by atoms with van der Waals surface area (Å²) < 4.78 is 5.31. The van der Waals surface area contributed by atoms with E-state index in [1.54, 1.807) is 12.1 Å². The molecule has 0 atom stereocenters. The molecule has 0 unspecified atom stereocenters. The SMILES string of the molecule is CCc1cc(Cl)cc2[nH]c(C(=O)OCCCN(C)C)c(CC(=O)O)c12. The molecule has 0 fully saturated rings. The van der Waals surface area contributed by atoms with Crippen molar-refractivity contribution in [2.45, 2.75) is 26.2 Å². The first-order valence-corrected chi connectivity index (χ1v) is 8.57. The molecule has 0 amide bonds. The highest BCUT2D eigenvalue weighted by Crippen LogP contribution is 2.30. The van der Waals surface area contributed by atoms with Crippen LogP contribution in [0.25, 0.3) is 10.9 Å². The third kappa shape index (κ3) is 4.74. The van der Waals surface area contributed by atoms with Crippen molar-refractivity contribution < 1.29 is 19.4 Å². The number of ether oxygens (including phenoxy) is 1. The molecule has 0 saturated heterocycles. The van der Waals surface area contributed by atoms with Gasteiger partial charge in [0.25, 0.3) is 0 Å². The van der Waals surface area contributed by atoms with E-state index in [4.69, 9.17) is 16.3 Å². The Hall–Kier alpha value is -2.05. The van der Waals surface area contributed by atoms with Gasteiger partial charge in [0.2, 0.25) is 0 Å². The average Bonchev–Trinajstić information content (AvgIpc) is 2.88. The first-order chi connectivity index (χ1) is 11.8. The van der Waals surface area contributed by atoms with Gasteiger partial charge < -0.3 is 19.7 Å².